The first-order valence-corrected chi connectivity index (χ1v) is 13.4. The second-order valence-corrected chi connectivity index (χ2v) is 7.62. The van der Waals surface area contributed by atoms with Crippen LogP contribution < -0.4 is 0 Å². The van der Waals surface area contributed by atoms with E-state index in [9.17, 15) is 0 Å². The van der Waals surface area contributed by atoms with Gasteiger partial charge in [0.1, 0.15) is 0 Å². The van der Waals surface area contributed by atoms with Gasteiger partial charge in [0.15, 0.2) is 0 Å². The Kier molecular flexibility index (Phi) is 20.2. The summed E-state index contributed by atoms with van der Waals surface area (Å²) >= 11 is 1.30. The van der Waals surface area contributed by atoms with Gasteiger partial charge in [0, 0.05) is 0 Å². The molecule has 0 bridgehead atoms. The Morgan fingerprint density at radius 2 is 1.35 bits per heavy atom. The molecule has 0 aliphatic heterocycles. The first-order valence-electron chi connectivity index (χ1n) is 11.6. The molecule has 3 heteroatoms. The van der Waals surface area contributed by atoms with Gasteiger partial charge in [-0.2, -0.15) is 66.9 Å². The summed E-state index contributed by atoms with van der Waals surface area (Å²) in [6.07, 6.45) is 11.9. The van der Waals surface area contributed by atoms with Crippen LogP contribution in [0.2, 0.25) is 0 Å². The largest absolute Gasteiger partial charge is 0.179 e. The standard InChI is InChI=1S/C13H9.C8H9.C7H7.C5H5.CH2.2ClH.Zr/c1-3-7-12-10(5-1)9-11-6-2-4-8-13(11)12;1-2-8-6-4-3-5-7-8;1-7-5-3-2-4-6-7;1-2-4-5-3-1;;;;/h1-5,7-8H,9H2;3-7H,1-2H2;2-6H,1H2;1-3H,4H2;1H2;2*1H;/q4*-1;;;;. The van der Waals surface area contributed by atoms with Crippen LogP contribution in [0.25, 0.3) is 11.1 Å². The van der Waals surface area contributed by atoms with E-state index in [1.165, 1.54) is 52.1 Å². The molecule has 192 valence electrons. The van der Waals surface area contributed by atoms with Gasteiger partial charge in [-0.05, 0) is 6.42 Å². The van der Waals surface area contributed by atoms with Gasteiger partial charge >= 0.3 is 28.4 Å². The number of fused-ring (bicyclic) bond motifs is 3. The number of rotatable bonds is 1. The van der Waals surface area contributed by atoms with E-state index < -0.39 is 0 Å². The summed E-state index contributed by atoms with van der Waals surface area (Å²) in [7, 11) is 0. The molecule has 0 fully saturated rings. The molecule has 37 heavy (non-hydrogen) atoms. The summed E-state index contributed by atoms with van der Waals surface area (Å²) in [5, 5.41) is 0. The maximum Gasteiger partial charge on any atom is -0.0253 e. The average Bonchev–Trinajstić information content (AvgIpc) is 3.64. The number of hydrogen-bond acceptors (Lipinski definition) is 0. The second kappa shape index (κ2) is 21.6. The SMILES string of the molecule is Cl.Cl.[C-]1=CC=CC1.[CH2-]Cc1ccccc1.[CH2-]c1ccccc1.[CH2]=[Zr].[c-]1cccc2c1Cc1ccccc1-2. The van der Waals surface area contributed by atoms with Gasteiger partial charge in [0.25, 0.3) is 0 Å². The third kappa shape index (κ3) is 13.1. The molecule has 0 radical (unpaired) electrons. The molecule has 0 spiro atoms. The van der Waals surface area contributed by atoms with Crippen molar-refractivity contribution >= 4 is 29.0 Å². The van der Waals surface area contributed by atoms with Crippen LogP contribution in [0.5, 0.6) is 0 Å². The van der Waals surface area contributed by atoms with Gasteiger partial charge < -0.3 is 6.92 Å². The second-order valence-electron chi connectivity index (χ2n) is 7.62. The first kappa shape index (κ1) is 34.6. The fourth-order valence-electron chi connectivity index (χ4n) is 3.46. The van der Waals surface area contributed by atoms with Crippen LogP contribution in [0, 0.1) is 26.0 Å². The molecule has 4 aromatic rings. The molecule has 0 saturated carbocycles. The predicted molar refractivity (Wildman–Crippen MR) is 163 cm³/mol. The van der Waals surface area contributed by atoms with Gasteiger partial charge in [-0.15, -0.1) is 48.9 Å². The normalized spacial score (nSPS) is 10.4. The van der Waals surface area contributed by atoms with E-state index in [4.69, 9.17) is 0 Å². The van der Waals surface area contributed by atoms with Crippen molar-refractivity contribution < 1.29 is 24.2 Å². The number of benzene rings is 4. The van der Waals surface area contributed by atoms with Crippen LogP contribution in [0.15, 0.2) is 121 Å². The van der Waals surface area contributed by atoms with Crippen molar-refractivity contribution in [2.24, 2.45) is 0 Å². The van der Waals surface area contributed by atoms with E-state index in [0.717, 1.165) is 24.8 Å². The number of hydrogen-bond donors (Lipinski definition) is 0. The molecule has 0 nitrogen and oxygen atoms in total. The summed E-state index contributed by atoms with van der Waals surface area (Å²) in [6.45, 7) is 7.48. The van der Waals surface area contributed by atoms with Crippen molar-refractivity contribution in [3.63, 3.8) is 0 Å². The molecule has 0 heterocycles. The fraction of sp³-hybridized carbons (Fsp3) is 0.0882. The third-order valence-corrected chi connectivity index (χ3v) is 5.18. The van der Waals surface area contributed by atoms with Gasteiger partial charge in [-0.1, -0.05) is 77.4 Å². The summed E-state index contributed by atoms with van der Waals surface area (Å²) < 4.78 is 3.34. The van der Waals surface area contributed by atoms with Gasteiger partial charge in [-0.3, -0.25) is 6.08 Å². The minimum absolute atomic E-state index is 0. The maximum atomic E-state index is 3.76. The summed E-state index contributed by atoms with van der Waals surface area (Å²) in [4.78, 5) is 0. The van der Waals surface area contributed by atoms with Crippen LogP contribution >= 0.6 is 24.8 Å². The molecule has 0 N–H and O–H groups in total. The van der Waals surface area contributed by atoms with E-state index in [1.54, 1.807) is 0 Å². The quantitative estimate of drug-likeness (QED) is 0.168. The zero-order chi connectivity index (χ0) is 25.1. The van der Waals surface area contributed by atoms with Crippen LogP contribution in [0.4, 0.5) is 0 Å². The van der Waals surface area contributed by atoms with Crippen molar-refractivity contribution in [2.45, 2.75) is 19.3 Å². The summed E-state index contributed by atoms with van der Waals surface area (Å²) in [5.74, 6) is 0. The third-order valence-electron chi connectivity index (χ3n) is 5.18. The summed E-state index contributed by atoms with van der Waals surface area (Å²) in [6, 6.07) is 38.2. The number of halogens is 2. The van der Waals surface area contributed by atoms with Crippen molar-refractivity contribution in [3.8, 4) is 11.1 Å². The molecule has 2 aliphatic carbocycles. The summed E-state index contributed by atoms with van der Waals surface area (Å²) in [5.41, 5.74) is 7.88. The van der Waals surface area contributed by atoms with Crippen LogP contribution in [-0.2, 0) is 37.1 Å². The zero-order valence-electron chi connectivity index (χ0n) is 21.1. The molecule has 0 amide bonds. The molecule has 0 unspecified atom stereocenters. The Balaban J connectivity index is 0.000000475. The van der Waals surface area contributed by atoms with Crippen molar-refractivity contribution in [1.82, 2.24) is 0 Å². The molecule has 4 aromatic carbocycles. The van der Waals surface area contributed by atoms with Crippen LogP contribution in [-0.4, -0.2) is 4.21 Å². The zero-order valence-corrected chi connectivity index (χ0v) is 25.2. The molecule has 0 saturated heterocycles. The Morgan fingerprint density at radius 1 is 0.757 bits per heavy atom. The Bertz CT molecular complexity index is 1120. The monoisotopic (exact) mass is 602 g/mol. The van der Waals surface area contributed by atoms with Crippen LogP contribution in [0.3, 0.4) is 0 Å². The predicted octanol–water partition coefficient (Wildman–Crippen LogP) is 9.10. The minimum atomic E-state index is 0. The van der Waals surface area contributed by atoms with Crippen LogP contribution in [0.1, 0.15) is 28.7 Å². The van der Waals surface area contributed by atoms with E-state index in [-0.39, 0.29) is 24.8 Å². The Morgan fingerprint density at radius 3 is 1.84 bits per heavy atom. The average molecular weight is 605 g/mol. The minimum Gasteiger partial charge on any atom is -0.179 e. The van der Waals surface area contributed by atoms with Gasteiger partial charge in [0.05, 0.1) is 0 Å². The fourth-order valence-corrected chi connectivity index (χ4v) is 3.46. The molecular formula is C34H34Cl2Zr-4. The van der Waals surface area contributed by atoms with Crippen molar-refractivity contribution in [3.05, 3.63) is 170 Å². The number of allylic oxidation sites excluding steroid dienone is 4. The van der Waals surface area contributed by atoms with Gasteiger partial charge in [0.2, 0.25) is 0 Å². The maximum absolute atomic E-state index is 3.76. The first-order chi connectivity index (χ1) is 17.3. The smallest absolute Gasteiger partial charge is 0.0253 e. The van der Waals surface area contributed by atoms with Crippen molar-refractivity contribution in [2.75, 3.05) is 0 Å². The van der Waals surface area contributed by atoms with Gasteiger partial charge in [-0.25, -0.2) is 12.2 Å². The van der Waals surface area contributed by atoms with Crippen molar-refractivity contribution in [1.29, 1.82) is 0 Å². The van der Waals surface area contributed by atoms with E-state index in [2.05, 4.69) is 84.8 Å². The van der Waals surface area contributed by atoms with E-state index in [0.29, 0.717) is 0 Å². The molecule has 0 aromatic heterocycles. The Hall–Kier alpha value is -2.44. The van der Waals surface area contributed by atoms with E-state index >= 15 is 0 Å². The Labute approximate surface area is 251 Å². The van der Waals surface area contributed by atoms with E-state index in [1.807, 2.05) is 66.7 Å². The molecule has 6 rings (SSSR count). The molecule has 2 aliphatic rings. The topological polar surface area (TPSA) is 0 Å². The molecule has 0 atom stereocenters. The molecular weight excluding hydrogens is 571 g/mol.